The maximum Gasteiger partial charge on any atom is 0.332 e. The lowest BCUT2D eigenvalue weighted by Gasteiger charge is -2.06. The molecule has 20 heavy (non-hydrogen) atoms. The monoisotopic (exact) mass is 274 g/mol. The number of aryl methyl sites for hydroxylation is 1. The number of hydrogen-bond donors (Lipinski definition) is 0. The second-order valence-corrected chi connectivity index (χ2v) is 4.47. The van der Waals surface area contributed by atoms with Crippen LogP contribution < -0.4 is 11.2 Å². The third kappa shape index (κ3) is 1.59. The van der Waals surface area contributed by atoms with Gasteiger partial charge >= 0.3 is 5.69 Å². The molecular weight excluding hydrogens is 263 g/mol. The molecule has 2 heterocycles. The van der Waals surface area contributed by atoms with Crippen molar-refractivity contribution in [2.45, 2.75) is 0 Å². The summed E-state index contributed by atoms with van der Waals surface area (Å²) in [4.78, 5) is 28.1. The number of rotatable bonds is 1. The normalized spacial score (nSPS) is 11.2. The van der Waals surface area contributed by atoms with E-state index in [-0.39, 0.29) is 11.2 Å². The fraction of sp³-hybridized carbons (Fsp3) is 0.154. The molecule has 0 saturated carbocycles. The van der Waals surface area contributed by atoms with Gasteiger partial charge in [0.1, 0.15) is 12.1 Å². The van der Waals surface area contributed by atoms with Crippen molar-refractivity contribution in [3.8, 4) is 5.69 Å². The summed E-state index contributed by atoms with van der Waals surface area (Å²) < 4.78 is 17.1. The molecule has 0 amide bonds. The minimum atomic E-state index is -0.468. The van der Waals surface area contributed by atoms with Gasteiger partial charge in [0.2, 0.25) is 0 Å². The first-order valence-corrected chi connectivity index (χ1v) is 5.89. The maximum absolute atomic E-state index is 13.3. The molecule has 0 atom stereocenters. The zero-order chi connectivity index (χ0) is 14.4. The molecule has 0 radical (unpaired) electrons. The van der Waals surface area contributed by atoms with Gasteiger partial charge < -0.3 is 0 Å². The molecule has 0 bridgehead atoms. The molecule has 0 aliphatic heterocycles. The van der Waals surface area contributed by atoms with Gasteiger partial charge in [-0.25, -0.2) is 14.2 Å². The lowest BCUT2D eigenvalue weighted by molar-refractivity contribution is 0.626. The zero-order valence-electron chi connectivity index (χ0n) is 10.9. The van der Waals surface area contributed by atoms with Crippen LogP contribution >= 0.6 is 0 Å². The molecule has 0 N–H and O–H groups in total. The van der Waals surface area contributed by atoms with E-state index in [0.29, 0.717) is 5.69 Å². The highest BCUT2D eigenvalue weighted by atomic mass is 19.1. The van der Waals surface area contributed by atoms with Crippen LogP contribution in [0.1, 0.15) is 0 Å². The number of halogens is 1. The van der Waals surface area contributed by atoms with E-state index in [0.717, 1.165) is 4.57 Å². The minimum absolute atomic E-state index is 0.236. The van der Waals surface area contributed by atoms with Crippen LogP contribution in [0.2, 0.25) is 0 Å². The Balaban J connectivity index is 2.46. The van der Waals surface area contributed by atoms with Crippen LogP contribution in [0, 0.1) is 5.82 Å². The standard InChI is InChI=1S/C13H11FN4O2/c1-16-11-10(12(19)17(2)13(16)20)18(7-15-11)9-5-3-4-8(14)6-9/h3-7H,1-2H3. The molecule has 0 aliphatic rings. The quantitative estimate of drug-likeness (QED) is 0.651. The summed E-state index contributed by atoms with van der Waals surface area (Å²) in [6.45, 7) is 0. The number of nitrogens with zero attached hydrogens (tertiary/aromatic N) is 4. The van der Waals surface area contributed by atoms with Crippen LogP contribution in [0.5, 0.6) is 0 Å². The van der Waals surface area contributed by atoms with Crippen LogP contribution in [-0.4, -0.2) is 18.7 Å². The molecule has 7 heteroatoms. The predicted molar refractivity (Wildman–Crippen MR) is 71.5 cm³/mol. The maximum atomic E-state index is 13.3. The summed E-state index contributed by atoms with van der Waals surface area (Å²) in [5, 5.41) is 0. The van der Waals surface area contributed by atoms with Crippen LogP contribution in [-0.2, 0) is 14.1 Å². The molecule has 0 fully saturated rings. The van der Waals surface area contributed by atoms with E-state index in [4.69, 9.17) is 0 Å². The summed E-state index contributed by atoms with van der Waals surface area (Å²) >= 11 is 0. The third-order valence-corrected chi connectivity index (χ3v) is 3.23. The Morgan fingerprint density at radius 3 is 2.60 bits per heavy atom. The van der Waals surface area contributed by atoms with Gasteiger partial charge in [-0.1, -0.05) is 6.07 Å². The smallest absolute Gasteiger partial charge is 0.293 e. The molecule has 102 valence electrons. The fourth-order valence-electron chi connectivity index (χ4n) is 2.17. The van der Waals surface area contributed by atoms with E-state index in [2.05, 4.69) is 4.98 Å². The second kappa shape index (κ2) is 4.16. The SMILES string of the molecule is Cn1c(=O)c2c(ncn2-c2cccc(F)c2)n(C)c1=O. The highest BCUT2D eigenvalue weighted by Gasteiger charge is 2.15. The molecular formula is C13H11FN4O2. The molecule has 3 rings (SSSR count). The molecule has 6 nitrogen and oxygen atoms in total. The van der Waals surface area contributed by atoms with E-state index < -0.39 is 17.1 Å². The Morgan fingerprint density at radius 1 is 1.15 bits per heavy atom. The topological polar surface area (TPSA) is 61.8 Å². The lowest BCUT2D eigenvalue weighted by atomic mass is 10.3. The second-order valence-electron chi connectivity index (χ2n) is 4.47. The Kier molecular flexibility index (Phi) is 2.56. The van der Waals surface area contributed by atoms with Crippen LogP contribution in [0.25, 0.3) is 16.9 Å². The average Bonchev–Trinajstić information content (AvgIpc) is 2.87. The van der Waals surface area contributed by atoms with E-state index in [1.54, 1.807) is 12.1 Å². The summed E-state index contributed by atoms with van der Waals surface area (Å²) in [7, 11) is 2.93. The van der Waals surface area contributed by atoms with E-state index in [1.165, 1.54) is 41.7 Å². The van der Waals surface area contributed by atoms with Crippen molar-refractivity contribution >= 4 is 11.2 Å². The first-order chi connectivity index (χ1) is 9.50. The Hall–Kier alpha value is -2.70. The highest BCUT2D eigenvalue weighted by molar-refractivity contribution is 5.72. The lowest BCUT2D eigenvalue weighted by Crippen LogP contribution is -2.37. The van der Waals surface area contributed by atoms with Crippen molar-refractivity contribution in [1.29, 1.82) is 0 Å². The number of benzene rings is 1. The summed E-state index contributed by atoms with van der Waals surface area (Å²) in [6.07, 6.45) is 1.40. The molecule has 2 aromatic heterocycles. The fourth-order valence-corrected chi connectivity index (χ4v) is 2.17. The van der Waals surface area contributed by atoms with Gasteiger partial charge in [0.25, 0.3) is 5.56 Å². The van der Waals surface area contributed by atoms with Crippen molar-refractivity contribution in [3.05, 3.63) is 57.2 Å². The largest absolute Gasteiger partial charge is 0.332 e. The van der Waals surface area contributed by atoms with Gasteiger partial charge in [-0.2, -0.15) is 0 Å². The Bertz CT molecular complexity index is 936. The predicted octanol–water partition coefficient (Wildman–Crippen LogP) is 0.562. The first kappa shape index (κ1) is 12.3. The molecule has 0 unspecified atom stereocenters. The molecule has 0 spiro atoms. The minimum Gasteiger partial charge on any atom is -0.293 e. The number of fused-ring (bicyclic) bond motifs is 1. The van der Waals surface area contributed by atoms with Crippen molar-refractivity contribution in [2.24, 2.45) is 14.1 Å². The van der Waals surface area contributed by atoms with Crippen molar-refractivity contribution in [2.75, 3.05) is 0 Å². The first-order valence-electron chi connectivity index (χ1n) is 5.89. The summed E-state index contributed by atoms with van der Waals surface area (Å²) in [6, 6.07) is 5.82. The van der Waals surface area contributed by atoms with Crippen molar-refractivity contribution in [1.82, 2.24) is 18.7 Å². The molecule has 1 aromatic carbocycles. The van der Waals surface area contributed by atoms with E-state index in [9.17, 15) is 14.0 Å². The number of imidazole rings is 1. The van der Waals surface area contributed by atoms with Crippen LogP contribution in [0.3, 0.4) is 0 Å². The zero-order valence-corrected chi connectivity index (χ0v) is 10.9. The van der Waals surface area contributed by atoms with Crippen molar-refractivity contribution in [3.63, 3.8) is 0 Å². The van der Waals surface area contributed by atoms with Crippen molar-refractivity contribution < 1.29 is 4.39 Å². The van der Waals surface area contributed by atoms with Gasteiger partial charge in [-0.05, 0) is 18.2 Å². The number of aromatic nitrogens is 4. The van der Waals surface area contributed by atoms with Gasteiger partial charge in [0.05, 0.1) is 5.69 Å². The summed E-state index contributed by atoms with van der Waals surface area (Å²) in [5.74, 6) is -0.411. The third-order valence-electron chi connectivity index (χ3n) is 3.23. The Labute approximate surface area is 112 Å². The molecule has 3 aromatic rings. The molecule has 0 saturated heterocycles. The average molecular weight is 274 g/mol. The van der Waals surface area contributed by atoms with Gasteiger partial charge in [-0.3, -0.25) is 18.5 Å². The highest BCUT2D eigenvalue weighted by Crippen LogP contribution is 2.14. The van der Waals surface area contributed by atoms with Crippen LogP contribution in [0.4, 0.5) is 4.39 Å². The van der Waals surface area contributed by atoms with Crippen LogP contribution in [0.15, 0.2) is 40.2 Å². The van der Waals surface area contributed by atoms with Gasteiger partial charge in [0, 0.05) is 14.1 Å². The number of hydrogen-bond acceptors (Lipinski definition) is 3. The van der Waals surface area contributed by atoms with Gasteiger partial charge in [0.15, 0.2) is 11.2 Å². The van der Waals surface area contributed by atoms with E-state index in [1.807, 2.05) is 0 Å². The summed E-state index contributed by atoms with van der Waals surface area (Å²) in [5.41, 5.74) is 0.0580. The molecule has 0 aliphatic carbocycles. The Morgan fingerprint density at radius 2 is 1.90 bits per heavy atom. The van der Waals surface area contributed by atoms with E-state index >= 15 is 0 Å². The van der Waals surface area contributed by atoms with Gasteiger partial charge in [-0.15, -0.1) is 0 Å².